The molecule has 224 valence electrons. The van der Waals surface area contributed by atoms with Crippen LogP contribution in [0.3, 0.4) is 0 Å². The molecule has 0 N–H and O–H groups in total. The molecule has 1 aliphatic carbocycles. The molecule has 0 radical (unpaired) electrons. The highest BCUT2D eigenvalue weighted by Gasteiger charge is 2.55. The summed E-state index contributed by atoms with van der Waals surface area (Å²) in [6.45, 7) is 5.77. The van der Waals surface area contributed by atoms with E-state index in [2.05, 4.69) is 0 Å². The smallest absolute Gasteiger partial charge is 0.264 e. The molecule has 4 aromatic carbocycles. The van der Waals surface area contributed by atoms with E-state index in [1.54, 1.807) is 46.9 Å². The Balaban J connectivity index is 1.43. The SMILES string of the molecule is Cc1ccc(S(=O)(=O)N2C=C3CC3C([C@@H]3c4ccccc4C=C(c4ccccc4)N3S(=O)(=O)c3ccc(C)cc3)C2C)cc1. The predicted molar refractivity (Wildman–Crippen MR) is 173 cm³/mol. The Kier molecular flexibility index (Phi) is 6.83. The molecule has 1 fully saturated rings. The van der Waals surface area contributed by atoms with Gasteiger partial charge in [0.2, 0.25) is 0 Å². The van der Waals surface area contributed by atoms with Gasteiger partial charge >= 0.3 is 0 Å². The number of benzene rings is 4. The Labute approximate surface area is 260 Å². The molecule has 0 amide bonds. The van der Waals surface area contributed by atoms with Crippen LogP contribution in [0.2, 0.25) is 0 Å². The minimum atomic E-state index is -4.08. The summed E-state index contributed by atoms with van der Waals surface area (Å²) in [5.74, 6) is -0.262. The molecule has 44 heavy (non-hydrogen) atoms. The highest BCUT2D eigenvalue weighted by molar-refractivity contribution is 7.89. The van der Waals surface area contributed by atoms with E-state index >= 15 is 0 Å². The van der Waals surface area contributed by atoms with E-state index in [4.69, 9.17) is 0 Å². The minimum Gasteiger partial charge on any atom is -0.270 e. The summed E-state index contributed by atoms with van der Waals surface area (Å²) in [6.07, 6.45) is 4.46. The standard InChI is InChI=1S/C36H34N2O4S2/c1-24-13-17-30(18-14-24)43(39,40)37-23-29-21-33(29)35(26(37)3)36-32-12-8-7-11-28(32)22-34(27-9-5-4-6-10-27)38(36)44(41,42)31-19-15-25(2)16-20-31/h4-20,22-23,26,33,35-36H,21H2,1-3H3/t26?,33?,35?,36-/m0/s1. The van der Waals surface area contributed by atoms with Gasteiger partial charge < -0.3 is 0 Å². The van der Waals surface area contributed by atoms with E-state index in [-0.39, 0.29) is 21.6 Å². The van der Waals surface area contributed by atoms with Crippen molar-refractivity contribution in [3.05, 3.63) is 143 Å². The molecule has 8 heteroatoms. The van der Waals surface area contributed by atoms with Crippen LogP contribution < -0.4 is 0 Å². The molecule has 2 heterocycles. The fourth-order valence-electron chi connectivity index (χ4n) is 6.80. The molecule has 4 atom stereocenters. The van der Waals surface area contributed by atoms with Crippen molar-refractivity contribution < 1.29 is 16.8 Å². The summed E-state index contributed by atoms with van der Waals surface area (Å²) in [5, 5.41) is 0. The maximum Gasteiger partial charge on any atom is 0.264 e. The zero-order valence-electron chi connectivity index (χ0n) is 24.8. The summed E-state index contributed by atoms with van der Waals surface area (Å²) in [6, 6.07) is 30.1. The Hall–Kier alpha value is -4.14. The first-order chi connectivity index (χ1) is 21.1. The summed E-state index contributed by atoms with van der Waals surface area (Å²) < 4.78 is 60.9. The van der Waals surface area contributed by atoms with E-state index in [9.17, 15) is 16.8 Å². The van der Waals surface area contributed by atoms with Gasteiger partial charge in [-0.1, -0.05) is 90.0 Å². The van der Waals surface area contributed by atoms with Gasteiger partial charge in [-0.2, -0.15) is 0 Å². The molecule has 4 aromatic rings. The van der Waals surface area contributed by atoms with Gasteiger partial charge in [0.1, 0.15) is 0 Å². The third kappa shape index (κ3) is 4.68. The highest BCUT2D eigenvalue weighted by atomic mass is 32.2. The van der Waals surface area contributed by atoms with Gasteiger partial charge in [0, 0.05) is 18.2 Å². The zero-order valence-corrected chi connectivity index (χ0v) is 26.5. The molecule has 6 nitrogen and oxygen atoms in total. The van der Waals surface area contributed by atoms with E-state index in [0.29, 0.717) is 5.70 Å². The molecule has 0 spiro atoms. The van der Waals surface area contributed by atoms with Crippen LogP contribution in [0.15, 0.2) is 125 Å². The molecule has 1 saturated carbocycles. The van der Waals surface area contributed by atoms with Crippen molar-refractivity contribution in [2.45, 2.75) is 49.1 Å². The third-order valence-electron chi connectivity index (χ3n) is 9.19. The number of aryl methyl sites for hydroxylation is 2. The maximum absolute atomic E-state index is 14.8. The Morgan fingerprint density at radius 1 is 0.682 bits per heavy atom. The number of hydrogen-bond acceptors (Lipinski definition) is 4. The summed E-state index contributed by atoms with van der Waals surface area (Å²) >= 11 is 0. The van der Waals surface area contributed by atoms with Crippen LogP contribution in [0.1, 0.15) is 47.2 Å². The number of sulfonamides is 2. The quantitative estimate of drug-likeness (QED) is 0.229. The number of nitrogens with zero attached hydrogens (tertiary/aromatic N) is 2. The van der Waals surface area contributed by atoms with Crippen molar-refractivity contribution in [1.82, 2.24) is 8.61 Å². The topological polar surface area (TPSA) is 74.8 Å². The van der Waals surface area contributed by atoms with E-state index < -0.39 is 32.1 Å². The highest BCUT2D eigenvalue weighted by Crippen LogP contribution is 2.58. The molecule has 0 saturated heterocycles. The van der Waals surface area contributed by atoms with E-state index in [0.717, 1.165) is 39.8 Å². The second-order valence-electron chi connectivity index (χ2n) is 12.1. The first-order valence-corrected chi connectivity index (χ1v) is 17.7. The Morgan fingerprint density at radius 3 is 1.89 bits per heavy atom. The van der Waals surface area contributed by atoms with Crippen LogP contribution in [-0.4, -0.2) is 31.5 Å². The molecule has 0 bridgehead atoms. The monoisotopic (exact) mass is 622 g/mol. The van der Waals surface area contributed by atoms with Gasteiger partial charge in [-0.15, -0.1) is 0 Å². The van der Waals surface area contributed by atoms with Gasteiger partial charge in [-0.25, -0.2) is 16.8 Å². The lowest BCUT2D eigenvalue weighted by Crippen LogP contribution is -2.49. The van der Waals surface area contributed by atoms with Gasteiger partial charge in [0.25, 0.3) is 20.0 Å². The predicted octanol–water partition coefficient (Wildman–Crippen LogP) is 7.16. The van der Waals surface area contributed by atoms with Crippen molar-refractivity contribution in [2.75, 3.05) is 0 Å². The molecule has 0 aromatic heterocycles. The van der Waals surface area contributed by atoms with Crippen LogP contribution >= 0.6 is 0 Å². The molecule has 3 unspecified atom stereocenters. The second-order valence-corrected chi connectivity index (χ2v) is 15.7. The normalized spacial score (nSPS) is 22.9. The van der Waals surface area contributed by atoms with Crippen molar-refractivity contribution in [2.24, 2.45) is 11.8 Å². The molecular formula is C36H34N2O4S2. The van der Waals surface area contributed by atoms with Crippen LogP contribution in [0.5, 0.6) is 0 Å². The number of hydrogen-bond donors (Lipinski definition) is 0. The Morgan fingerprint density at radius 2 is 1.25 bits per heavy atom. The first-order valence-electron chi connectivity index (χ1n) is 14.9. The fourth-order valence-corrected chi connectivity index (χ4v) is 10.1. The molecule has 7 rings (SSSR count). The number of fused-ring (bicyclic) bond motifs is 2. The van der Waals surface area contributed by atoms with Gasteiger partial charge in [-0.05, 0) is 85.7 Å². The Bertz CT molecular complexity index is 2020. The lowest BCUT2D eigenvalue weighted by atomic mass is 9.79. The summed E-state index contributed by atoms with van der Waals surface area (Å²) in [7, 11) is -7.96. The number of allylic oxidation sites excluding steroid dienone is 1. The lowest BCUT2D eigenvalue weighted by molar-refractivity contribution is 0.180. The maximum atomic E-state index is 14.8. The summed E-state index contributed by atoms with van der Waals surface area (Å²) in [4.78, 5) is 0.427. The van der Waals surface area contributed by atoms with Gasteiger partial charge in [0.15, 0.2) is 0 Å². The minimum absolute atomic E-state index is 0.0679. The van der Waals surface area contributed by atoms with Crippen molar-refractivity contribution >= 4 is 31.8 Å². The van der Waals surface area contributed by atoms with Crippen LogP contribution in [0, 0.1) is 25.7 Å². The van der Waals surface area contributed by atoms with Crippen LogP contribution in [0.4, 0.5) is 0 Å². The average molecular weight is 623 g/mol. The zero-order chi connectivity index (χ0) is 30.8. The summed E-state index contributed by atoms with van der Waals surface area (Å²) in [5.41, 5.74) is 6.14. The first kappa shape index (κ1) is 28.6. The van der Waals surface area contributed by atoms with Gasteiger partial charge in [0.05, 0.1) is 21.5 Å². The van der Waals surface area contributed by atoms with E-state index in [1.807, 2.05) is 93.6 Å². The molecule has 2 aliphatic heterocycles. The third-order valence-corrected chi connectivity index (χ3v) is 12.9. The number of rotatable bonds is 6. The largest absolute Gasteiger partial charge is 0.270 e. The molecule has 3 aliphatic rings. The van der Waals surface area contributed by atoms with Crippen molar-refractivity contribution in [3.8, 4) is 0 Å². The van der Waals surface area contributed by atoms with Crippen molar-refractivity contribution in [3.63, 3.8) is 0 Å². The van der Waals surface area contributed by atoms with Crippen LogP contribution in [0.25, 0.3) is 11.8 Å². The second kappa shape index (κ2) is 10.5. The van der Waals surface area contributed by atoms with Gasteiger partial charge in [-0.3, -0.25) is 8.61 Å². The lowest BCUT2D eigenvalue weighted by Gasteiger charge is -2.47. The van der Waals surface area contributed by atoms with Crippen LogP contribution in [-0.2, 0) is 20.0 Å². The average Bonchev–Trinajstić information content (AvgIpc) is 3.80. The van der Waals surface area contributed by atoms with E-state index in [1.165, 1.54) is 4.31 Å². The van der Waals surface area contributed by atoms with Crippen molar-refractivity contribution in [1.29, 1.82) is 0 Å². The molecular weight excluding hydrogens is 589 g/mol. The fraction of sp³-hybridized carbons (Fsp3) is 0.222.